The highest BCUT2D eigenvalue weighted by Gasteiger charge is 2.08. The second kappa shape index (κ2) is 7.55. The first kappa shape index (κ1) is 17.9. The van der Waals surface area contributed by atoms with Crippen LogP contribution in [0.1, 0.15) is 5.69 Å². The zero-order valence-corrected chi connectivity index (χ0v) is 15.1. The van der Waals surface area contributed by atoms with Gasteiger partial charge in [0.15, 0.2) is 0 Å². The summed E-state index contributed by atoms with van der Waals surface area (Å²) in [6.45, 7) is 1.85. The highest BCUT2D eigenvalue weighted by Crippen LogP contribution is 2.24. The van der Waals surface area contributed by atoms with Gasteiger partial charge in [0.25, 0.3) is 5.95 Å². The van der Waals surface area contributed by atoms with Crippen molar-refractivity contribution < 1.29 is 4.79 Å². The second-order valence-corrected chi connectivity index (χ2v) is 6.15. The van der Waals surface area contributed by atoms with Crippen LogP contribution in [0.5, 0.6) is 0 Å². The molecule has 0 aliphatic carbocycles. The Morgan fingerprint density at radius 3 is 2.65 bits per heavy atom. The van der Waals surface area contributed by atoms with Gasteiger partial charge in [0.05, 0.1) is 21.3 Å². The van der Waals surface area contributed by atoms with Gasteiger partial charge in [0.2, 0.25) is 5.96 Å². The van der Waals surface area contributed by atoms with Crippen LogP contribution in [-0.2, 0) is 0 Å². The van der Waals surface area contributed by atoms with Crippen molar-refractivity contribution in [3.8, 4) is 0 Å². The molecule has 0 unspecified atom stereocenters. The summed E-state index contributed by atoms with van der Waals surface area (Å²) in [7, 11) is 0. The number of carbonyl (C=O) groups excluding carboxylic acids is 1. The molecule has 132 valence electrons. The van der Waals surface area contributed by atoms with Gasteiger partial charge in [-0.25, -0.2) is 14.8 Å². The number of amides is 2. The molecule has 0 saturated carbocycles. The molecule has 0 spiro atoms. The third-order valence-electron chi connectivity index (χ3n) is 3.42. The Labute approximate surface area is 159 Å². The number of urea groups is 1. The maximum atomic E-state index is 12.0. The van der Waals surface area contributed by atoms with Gasteiger partial charge >= 0.3 is 6.03 Å². The molecular formula is C17H14Cl2N6O. The molecule has 9 heteroatoms. The van der Waals surface area contributed by atoms with E-state index in [1.807, 2.05) is 31.2 Å². The Morgan fingerprint density at radius 1 is 1.12 bits per heavy atom. The number of halogens is 2. The van der Waals surface area contributed by atoms with Crippen LogP contribution in [0, 0.1) is 6.92 Å². The number of aryl methyl sites for hydroxylation is 1. The Kier molecular flexibility index (Phi) is 5.20. The van der Waals surface area contributed by atoms with Crippen LogP contribution in [0.4, 0.5) is 16.4 Å². The number of nitrogens with one attached hydrogen (secondary N) is 2. The number of aliphatic imine (C=N–C) groups is 1. The molecule has 1 heterocycles. The standard InChI is InChI=1S/C17H14Cl2N6O/c1-9-11-4-2-3-5-14(11)23-16(21-9)24-15(20)25-17(26)22-10-6-7-12(18)13(19)8-10/h2-8H,1H3,(H4,20,21,22,23,24,25,26). The number of anilines is 1. The Morgan fingerprint density at radius 2 is 1.88 bits per heavy atom. The van der Waals surface area contributed by atoms with Gasteiger partial charge in [-0.1, -0.05) is 41.4 Å². The number of hydrogen-bond acceptors (Lipinski definition) is 4. The average molecular weight is 389 g/mol. The molecular weight excluding hydrogens is 375 g/mol. The van der Waals surface area contributed by atoms with Crippen molar-refractivity contribution in [1.82, 2.24) is 15.3 Å². The zero-order valence-electron chi connectivity index (χ0n) is 13.6. The molecule has 0 aliphatic rings. The predicted molar refractivity (Wildman–Crippen MR) is 104 cm³/mol. The molecule has 3 aromatic rings. The molecule has 4 N–H and O–H groups in total. The highest BCUT2D eigenvalue weighted by atomic mass is 35.5. The molecule has 0 fully saturated rings. The van der Waals surface area contributed by atoms with Crippen molar-refractivity contribution in [2.75, 3.05) is 5.32 Å². The van der Waals surface area contributed by atoms with Crippen molar-refractivity contribution in [1.29, 1.82) is 0 Å². The van der Waals surface area contributed by atoms with E-state index in [2.05, 4.69) is 25.6 Å². The first-order valence-electron chi connectivity index (χ1n) is 7.53. The minimum absolute atomic E-state index is 0.141. The van der Waals surface area contributed by atoms with Crippen LogP contribution < -0.4 is 16.4 Å². The van der Waals surface area contributed by atoms with Gasteiger partial charge in [-0.05, 0) is 31.2 Å². The normalized spacial score (nSPS) is 11.4. The molecule has 7 nitrogen and oxygen atoms in total. The molecule has 0 radical (unpaired) electrons. The van der Waals surface area contributed by atoms with Crippen molar-refractivity contribution in [2.45, 2.75) is 6.92 Å². The van der Waals surface area contributed by atoms with Gasteiger partial charge in [0, 0.05) is 11.1 Å². The zero-order chi connectivity index (χ0) is 18.7. The van der Waals surface area contributed by atoms with Gasteiger partial charge in [-0.3, -0.25) is 5.32 Å². The number of benzene rings is 2. The summed E-state index contributed by atoms with van der Waals surface area (Å²) in [6.07, 6.45) is 0. The lowest BCUT2D eigenvalue weighted by atomic mass is 10.2. The number of fused-ring (bicyclic) bond motifs is 1. The molecule has 0 saturated heterocycles. The van der Waals surface area contributed by atoms with E-state index >= 15 is 0 Å². The smallest absolute Gasteiger partial charge is 0.325 e. The Bertz CT molecular complexity index is 1020. The fourth-order valence-electron chi connectivity index (χ4n) is 2.26. The predicted octanol–water partition coefficient (Wildman–Crippen LogP) is 4.01. The molecule has 0 bridgehead atoms. The molecule has 1 aromatic heterocycles. The minimum atomic E-state index is -0.581. The lowest BCUT2D eigenvalue weighted by Gasteiger charge is -2.08. The molecule has 26 heavy (non-hydrogen) atoms. The maximum Gasteiger partial charge on any atom is 0.325 e. The average Bonchev–Trinajstić information content (AvgIpc) is 2.58. The minimum Gasteiger partial charge on any atom is -0.369 e. The topological polar surface area (TPSA) is 105 Å². The van der Waals surface area contributed by atoms with Crippen LogP contribution in [0.3, 0.4) is 0 Å². The summed E-state index contributed by atoms with van der Waals surface area (Å²) >= 11 is 11.7. The van der Waals surface area contributed by atoms with Gasteiger partial charge in [-0.15, -0.1) is 0 Å². The van der Waals surface area contributed by atoms with Crippen LogP contribution in [-0.4, -0.2) is 22.0 Å². The van der Waals surface area contributed by atoms with E-state index in [4.69, 9.17) is 28.9 Å². The molecule has 2 amide bonds. The van der Waals surface area contributed by atoms with Crippen LogP contribution in [0.15, 0.2) is 47.5 Å². The first-order chi connectivity index (χ1) is 12.4. The molecule has 2 aromatic carbocycles. The van der Waals surface area contributed by atoms with E-state index < -0.39 is 6.03 Å². The van der Waals surface area contributed by atoms with E-state index in [0.717, 1.165) is 16.6 Å². The number of nitrogens with zero attached hydrogens (tertiary/aromatic N) is 3. The first-order valence-corrected chi connectivity index (χ1v) is 8.28. The summed E-state index contributed by atoms with van der Waals surface area (Å²) in [4.78, 5) is 24.6. The molecule has 0 aliphatic heterocycles. The van der Waals surface area contributed by atoms with E-state index in [9.17, 15) is 4.79 Å². The molecule has 0 atom stereocenters. The summed E-state index contributed by atoms with van der Waals surface area (Å²) in [5.41, 5.74) is 7.73. The number of aromatic nitrogens is 2. The number of nitrogens with two attached hydrogens (primary N) is 1. The van der Waals surface area contributed by atoms with Crippen molar-refractivity contribution >= 4 is 57.7 Å². The third-order valence-corrected chi connectivity index (χ3v) is 4.16. The van der Waals surface area contributed by atoms with Crippen molar-refractivity contribution in [3.63, 3.8) is 0 Å². The fourth-order valence-corrected chi connectivity index (χ4v) is 2.56. The highest BCUT2D eigenvalue weighted by molar-refractivity contribution is 6.42. The van der Waals surface area contributed by atoms with Gasteiger partial charge < -0.3 is 11.1 Å². The van der Waals surface area contributed by atoms with E-state index in [1.165, 1.54) is 6.07 Å². The molecule has 3 rings (SSSR count). The summed E-state index contributed by atoms with van der Waals surface area (Å²) in [5.74, 6) is 0.0192. The van der Waals surface area contributed by atoms with Crippen LogP contribution >= 0.6 is 23.2 Å². The Hall–Kier alpha value is -2.90. The van der Waals surface area contributed by atoms with Gasteiger partial charge in [0.1, 0.15) is 0 Å². The summed E-state index contributed by atoms with van der Waals surface area (Å²) in [5, 5.41) is 6.62. The van der Waals surface area contributed by atoms with Crippen molar-refractivity contribution in [3.05, 3.63) is 58.2 Å². The van der Waals surface area contributed by atoms with Crippen molar-refractivity contribution in [2.24, 2.45) is 10.7 Å². The quantitative estimate of drug-likeness (QED) is 0.455. The largest absolute Gasteiger partial charge is 0.369 e. The summed E-state index contributed by atoms with van der Waals surface area (Å²) < 4.78 is 0. The van der Waals surface area contributed by atoms with E-state index in [1.54, 1.807) is 12.1 Å². The second-order valence-electron chi connectivity index (χ2n) is 5.33. The number of guanidine groups is 1. The third kappa shape index (κ3) is 4.19. The number of para-hydroxylation sites is 1. The maximum absolute atomic E-state index is 12.0. The number of carbonyl (C=O) groups is 1. The van der Waals surface area contributed by atoms with E-state index in [0.29, 0.717) is 15.7 Å². The Balaban J connectivity index is 1.73. The summed E-state index contributed by atoms with van der Waals surface area (Å²) in [6, 6.07) is 11.7. The number of hydrogen-bond donors (Lipinski definition) is 3. The SMILES string of the molecule is Cc1nc(N=C(N)NC(=O)Nc2ccc(Cl)c(Cl)c2)nc2ccccc12. The van der Waals surface area contributed by atoms with Gasteiger partial charge in [-0.2, -0.15) is 4.99 Å². The van der Waals surface area contributed by atoms with Crippen LogP contribution in [0.25, 0.3) is 10.9 Å². The monoisotopic (exact) mass is 388 g/mol. The lowest BCUT2D eigenvalue weighted by Crippen LogP contribution is -2.39. The lowest BCUT2D eigenvalue weighted by molar-refractivity contribution is 0.256. The van der Waals surface area contributed by atoms with E-state index in [-0.39, 0.29) is 11.9 Å². The fraction of sp³-hybridized carbons (Fsp3) is 0.0588. The van der Waals surface area contributed by atoms with Crippen LogP contribution in [0.2, 0.25) is 10.0 Å². The number of rotatable bonds is 2.